The second-order valence-corrected chi connectivity index (χ2v) is 5.30. The second-order valence-electron chi connectivity index (χ2n) is 4.46. The van der Waals surface area contributed by atoms with Crippen LogP contribution in [0, 0.1) is 0 Å². The maximum absolute atomic E-state index is 6.27. The van der Waals surface area contributed by atoms with Crippen molar-refractivity contribution in [2.45, 2.75) is 19.4 Å². The molecule has 102 valence electrons. The standard InChI is InChI=1S/C14H17Cl2N3/c1-3-17-14(9-11-6-7-19(2)18-11)12-8-10(15)4-5-13(12)16/h4-8,14,17H,3,9H2,1-2H3. The first kappa shape index (κ1) is 14.4. The van der Waals surface area contributed by atoms with E-state index in [4.69, 9.17) is 23.2 Å². The highest BCUT2D eigenvalue weighted by Gasteiger charge is 2.16. The average molecular weight is 298 g/mol. The molecule has 2 aromatic rings. The lowest BCUT2D eigenvalue weighted by Crippen LogP contribution is -2.23. The number of rotatable bonds is 5. The number of hydrogen-bond acceptors (Lipinski definition) is 2. The van der Waals surface area contributed by atoms with Gasteiger partial charge in [-0.3, -0.25) is 4.68 Å². The third-order valence-corrected chi connectivity index (χ3v) is 3.55. The van der Waals surface area contributed by atoms with Crippen LogP contribution in [0.1, 0.15) is 24.2 Å². The summed E-state index contributed by atoms with van der Waals surface area (Å²) in [6, 6.07) is 7.69. The van der Waals surface area contributed by atoms with Crippen LogP contribution in [0.4, 0.5) is 0 Å². The number of halogens is 2. The molecule has 0 saturated heterocycles. The minimum atomic E-state index is 0.117. The molecule has 0 fully saturated rings. The number of aryl methyl sites for hydroxylation is 1. The van der Waals surface area contributed by atoms with E-state index in [1.165, 1.54) is 0 Å². The number of likely N-dealkylation sites (N-methyl/N-ethyl adjacent to an activating group) is 1. The summed E-state index contributed by atoms with van der Waals surface area (Å²) in [5, 5.41) is 9.27. The molecule has 0 saturated carbocycles. The molecule has 0 aliphatic heterocycles. The summed E-state index contributed by atoms with van der Waals surface area (Å²) in [6.07, 6.45) is 2.73. The molecule has 0 bridgehead atoms. The molecule has 1 atom stereocenters. The Kier molecular flexibility index (Phi) is 4.86. The lowest BCUT2D eigenvalue weighted by Gasteiger charge is -2.19. The summed E-state index contributed by atoms with van der Waals surface area (Å²) in [5.41, 5.74) is 2.05. The summed E-state index contributed by atoms with van der Waals surface area (Å²) in [7, 11) is 1.91. The van der Waals surface area contributed by atoms with Crippen molar-refractivity contribution in [1.82, 2.24) is 15.1 Å². The van der Waals surface area contributed by atoms with Crippen molar-refractivity contribution in [3.05, 3.63) is 51.8 Å². The number of benzene rings is 1. The molecule has 2 rings (SSSR count). The van der Waals surface area contributed by atoms with Gasteiger partial charge >= 0.3 is 0 Å². The lowest BCUT2D eigenvalue weighted by molar-refractivity contribution is 0.540. The van der Waals surface area contributed by atoms with Gasteiger partial charge in [-0.15, -0.1) is 0 Å². The zero-order valence-electron chi connectivity index (χ0n) is 11.0. The van der Waals surface area contributed by atoms with Crippen LogP contribution >= 0.6 is 23.2 Å². The Morgan fingerprint density at radius 3 is 2.74 bits per heavy atom. The number of aromatic nitrogens is 2. The maximum atomic E-state index is 6.27. The molecule has 0 spiro atoms. The van der Waals surface area contributed by atoms with E-state index in [9.17, 15) is 0 Å². The Bertz CT molecular complexity index is 551. The molecule has 0 amide bonds. The highest BCUT2D eigenvalue weighted by Crippen LogP contribution is 2.28. The summed E-state index contributed by atoms with van der Waals surface area (Å²) in [4.78, 5) is 0. The molecular formula is C14H17Cl2N3. The van der Waals surface area contributed by atoms with Gasteiger partial charge in [-0.25, -0.2) is 0 Å². The largest absolute Gasteiger partial charge is 0.310 e. The van der Waals surface area contributed by atoms with E-state index < -0.39 is 0 Å². The van der Waals surface area contributed by atoms with Crippen LogP contribution < -0.4 is 5.32 Å². The van der Waals surface area contributed by atoms with Crippen molar-refractivity contribution < 1.29 is 0 Å². The van der Waals surface area contributed by atoms with Crippen LogP contribution in [0.3, 0.4) is 0 Å². The Morgan fingerprint density at radius 1 is 1.32 bits per heavy atom. The van der Waals surface area contributed by atoms with Gasteiger partial charge in [-0.05, 0) is 36.4 Å². The van der Waals surface area contributed by atoms with Crippen LogP contribution in [-0.2, 0) is 13.5 Å². The van der Waals surface area contributed by atoms with Crippen molar-refractivity contribution in [1.29, 1.82) is 0 Å². The highest BCUT2D eigenvalue weighted by atomic mass is 35.5. The van der Waals surface area contributed by atoms with E-state index in [1.807, 2.05) is 31.4 Å². The number of nitrogens with zero attached hydrogens (tertiary/aromatic N) is 2. The van der Waals surface area contributed by atoms with Crippen LogP contribution in [0.5, 0.6) is 0 Å². The Balaban J connectivity index is 2.26. The average Bonchev–Trinajstić information content (AvgIpc) is 2.77. The summed E-state index contributed by atoms with van der Waals surface area (Å²) >= 11 is 12.3. The molecule has 1 aromatic carbocycles. The first-order valence-electron chi connectivity index (χ1n) is 6.27. The van der Waals surface area contributed by atoms with Gasteiger partial charge in [-0.2, -0.15) is 5.10 Å². The summed E-state index contributed by atoms with van der Waals surface area (Å²) < 4.78 is 1.80. The normalized spacial score (nSPS) is 12.6. The fourth-order valence-electron chi connectivity index (χ4n) is 2.10. The van der Waals surface area contributed by atoms with E-state index in [0.29, 0.717) is 5.02 Å². The van der Waals surface area contributed by atoms with Crippen molar-refractivity contribution in [2.24, 2.45) is 7.05 Å². The fourth-order valence-corrected chi connectivity index (χ4v) is 2.53. The van der Waals surface area contributed by atoms with Gasteiger partial charge in [-0.1, -0.05) is 30.1 Å². The maximum Gasteiger partial charge on any atom is 0.0643 e. The molecule has 5 heteroatoms. The van der Waals surface area contributed by atoms with Crippen LogP contribution in [0.25, 0.3) is 0 Å². The highest BCUT2D eigenvalue weighted by molar-refractivity contribution is 6.33. The Labute approximate surface area is 123 Å². The number of hydrogen-bond donors (Lipinski definition) is 1. The molecule has 1 aromatic heterocycles. The van der Waals surface area contributed by atoms with Gasteiger partial charge in [0.15, 0.2) is 0 Å². The zero-order valence-corrected chi connectivity index (χ0v) is 12.5. The Morgan fingerprint density at radius 2 is 2.11 bits per heavy atom. The third kappa shape index (κ3) is 3.72. The number of nitrogens with one attached hydrogen (secondary N) is 1. The van der Waals surface area contributed by atoms with E-state index >= 15 is 0 Å². The fraction of sp³-hybridized carbons (Fsp3) is 0.357. The van der Waals surface area contributed by atoms with Gasteiger partial charge in [0.2, 0.25) is 0 Å². The zero-order chi connectivity index (χ0) is 13.8. The third-order valence-electron chi connectivity index (χ3n) is 2.97. The first-order valence-corrected chi connectivity index (χ1v) is 7.02. The van der Waals surface area contributed by atoms with Crippen LogP contribution in [0.2, 0.25) is 10.0 Å². The van der Waals surface area contributed by atoms with E-state index in [1.54, 1.807) is 10.7 Å². The van der Waals surface area contributed by atoms with Crippen LogP contribution in [-0.4, -0.2) is 16.3 Å². The van der Waals surface area contributed by atoms with Crippen LogP contribution in [0.15, 0.2) is 30.5 Å². The minimum Gasteiger partial charge on any atom is -0.310 e. The van der Waals surface area contributed by atoms with Gasteiger partial charge in [0.1, 0.15) is 0 Å². The van der Waals surface area contributed by atoms with Crippen molar-refractivity contribution >= 4 is 23.2 Å². The quantitative estimate of drug-likeness (QED) is 0.913. The second kappa shape index (κ2) is 6.42. The summed E-state index contributed by atoms with van der Waals surface area (Å²) in [6.45, 7) is 2.93. The van der Waals surface area contributed by atoms with E-state index in [2.05, 4.69) is 17.3 Å². The minimum absolute atomic E-state index is 0.117. The molecule has 0 aliphatic carbocycles. The predicted octanol–water partition coefficient (Wildman–Crippen LogP) is 3.62. The van der Waals surface area contributed by atoms with Gasteiger partial charge in [0, 0.05) is 35.8 Å². The van der Waals surface area contributed by atoms with Crippen molar-refractivity contribution in [2.75, 3.05) is 6.54 Å². The SMILES string of the molecule is CCNC(Cc1ccn(C)n1)c1cc(Cl)ccc1Cl. The first-order chi connectivity index (χ1) is 9.10. The molecule has 1 unspecified atom stereocenters. The van der Waals surface area contributed by atoms with Gasteiger partial charge in [0.05, 0.1) is 5.69 Å². The molecule has 1 heterocycles. The predicted molar refractivity (Wildman–Crippen MR) is 79.8 cm³/mol. The molecule has 0 aliphatic rings. The van der Waals surface area contributed by atoms with Crippen molar-refractivity contribution in [3.63, 3.8) is 0 Å². The Hall–Kier alpha value is -1.03. The van der Waals surface area contributed by atoms with Crippen molar-refractivity contribution in [3.8, 4) is 0 Å². The van der Waals surface area contributed by atoms with E-state index in [0.717, 1.165) is 29.2 Å². The molecule has 0 radical (unpaired) electrons. The van der Waals surface area contributed by atoms with Gasteiger partial charge < -0.3 is 5.32 Å². The van der Waals surface area contributed by atoms with Gasteiger partial charge in [0.25, 0.3) is 0 Å². The molecule has 1 N–H and O–H groups in total. The monoisotopic (exact) mass is 297 g/mol. The van der Waals surface area contributed by atoms with E-state index in [-0.39, 0.29) is 6.04 Å². The smallest absolute Gasteiger partial charge is 0.0643 e. The molecular weight excluding hydrogens is 281 g/mol. The summed E-state index contributed by atoms with van der Waals surface area (Å²) in [5.74, 6) is 0. The topological polar surface area (TPSA) is 29.9 Å². The molecule has 19 heavy (non-hydrogen) atoms. The molecule has 3 nitrogen and oxygen atoms in total. The lowest BCUT2D eigenvalue weighted by atomic mass is 10.0.